The van der Waals surface area contributed by atoms with Crippen molar-refractivity contribution in [2.45, 2.75) is 32.6 Å². The normalized spacial score (nSPS) is 25.1. The van der Waals surface area contributed by atoms with Crippen molar-refractivity contribution < 1.29 is 4.74 Å². The number of hydrogen-bond acceptors (Lipinski definition) is 3. The minimum absolute atomic E-state index is 0.342. The number of benzene rings is 1. The summed E-state index contributed by atoms with van der Waals surface area (Å²) in [7, 11) is 4.14. The SMILES string of the molecule is CC1CN(Cc2ccc(N(C)C)cc2)CC(C)O1. The fourth-order valence-electron chi connectivity index (χ4n) is 2.57. The van der Waals surface area contributed by atoms with E-state index in [1.54, 1.807) is 0 Å². The molecule has 1 aromatic rings. The second-order valence-corrected chi connectivity index (χ2v) is 5.51. The van der Waals surface area contributed by atoms with Crippen molar-refractivity contribution in [2.75, 3.05) is 32.1 Å². The number of hydrogen-bond donors (Lipinski definition) is 0. The molecule has 18 heavy (non-hydrogen) atoms. The summed E-state index contributed by atoms with van der Waals surface area (Å²) in [5.74, 6) is 0. The van der Waals surface area contributed by atoms with E-state index in [4.69, 9.17) is 4.74 Å². The molecule has 0 aliphatic carbocycles. The summed E-state index contributed by atoms with van der Waals surface area (Å²) in [4.78, 5) is 4.60. The third-order valence-electron chi connectivity index (χ3n) is 3.35. The number of morpholine rings is 1. The first-order chi connectivity index (χ1) is 8.54. The molecule has 2 rings (SSSR count). The minimum Gasteiger partial charge on any atom is -0.378 e. The van der Waals surface area contributed by atoms with Gasteiger partial charge in [0.1, 0.15) is 0 Å². The monoisotopic (exact) mass is 248 g/mol. The van der Waals surface area contributed by atoms with Crippen LogP contribution in [0.5, 0.6) is 0 Å². The second kappa shape index (κ2) is 5.72. The Morgan fingerprint density at radius 1 is 1.11 bits per heavy atom. The van der Waals surface area contributed by atoms with E-state index in [1.165, 1.54) is 11.3 Å². The van der Waals surface area contributed by atoms with Gasteiger partial charge in [0.2, 0.25) is 0 Å². The molecule has 1 aromatic carbocycles. The van der Waals surface area contributed by atoms with Crippen LogP contribution in [-0.2, 0) is 11.3 Å². The molecule has 1 heterocycles. The number of rotatable bonds is 3. The molecule has 0 N–H and O–H groups in total. The average Bonchev–Trinajstić information content (AvgIpc) is 2.28. The lowest BCUT2D eigenvalue weighted by molar-refractivity contribution is -0.0704. The Balaban J connectivity index is 1.96. The summed E-state index contributed by atoms with van der Waals surface area (Å²) < 4.78 is 5.76. The lowest BCUT2D eigenvalue weighted by atomic mass is 10.1. The molecule has 0 bridgehead atoms. The highest BCUT2D eigenvalue weighted by atomic mass is 16.5. The molecule has 100 valence electrons. The van der Waals surface area contributed by atoms with E-state index < -0.39 is 0 Å². The molecule has 1 saturated heterocycles. The van der Waals surface area contributed by atoms with E-state index in [-0.39, 0.29) is 0 Å². The third kappa shape index (κ3) is 3.47. The predicted octanol–water partition coefficient (Wildman–Crippen LogP) is 2.36. The van der Waals surface area contributed by atoms with Gasteiger partial charge >= 0.3 is 0 Å². The first-order valence-electron chi connectivity index (χ1n) is 6.68. The fraction of sp³-hybridized carbons (Fsp3) is 0.600. The van der Waals surface area contributed by atoms with Crippen molar-refractivity contribution >= 4 is 5.69 Å². The molecular formula is C15H24N2O. The molecular weight excluding hydrogens is 224 g/mol. The fourth-order valence-corrected chi connectivity index (χ4v) is 2.57. The van der Waals surface area contributed by atoms with Crippen LogP contribution in [0.4, 0.5) is 5.69 Å². The van der Waals surface area contributed by atoms with Crippen LogP contribution in [0.2, 0.25) is 0 Å². The van der Waals surface area contributed by atoms with Gasteiger partial charge in [-0.3, -0.25) is 4.90 Å². The molecule has 2 atom stereocenters. The van der Waals surface area contributed by atoms with Gasteiger partial charge in [0.15, 0.2) is 0 Å². The molecule has 0 aromatic heterocycles. The Kier molecular flexibility index (Phi) is 4.25. The Hall–Kier alpha value is -1.06. The van der Waals surface area contributed by atoms with Gasteiger partial charge in [0.25, 0.3) is 0 Å². The minimum atomic E-state index is 0.342. The summed E-state index contributed by atoms with van der Waals surface area (Å²) in [6, 6.07) is 8.81. The molecule has 0 radical (unpaired) electrons. The molecule has 3 nitrogen and oxygen atoms in total. The molecule has 3 heteroatoms. The van der Waals surface area contributed by atoms with E-state index in [9.17, 15) is 0 Å². The number of anilines is 1. The maximum atomic E-state index is 5.76. The maximum absolute atomic E-state index is 5.76. The molecule has 1 fully saturated rings. The van der Waals surface area contributed by atoms with Crippen LogP contribution in [0.25, 0.3) is 0 Å². The summed E-state index contributed by atoms with van der Waals surface area (Å²) in [5, 5.41) is 0. The van der Waals surface area contributed by atoms with Crippen LogP contribution in [-0.4, -0.2) is 44.3 Å². The van der Waals surface area contributed by atoms with Crippen molar-refractivity contribution in [3.8, 4) is 0 Å². The van der Waals surface area contributed by atoms with Gasteiger partial charge in [0.05, 0.1) is 12.2 Å². The molecule has 1 aliphatic rings. The van der Waals surface area contributed by atoms with Crippen molar-refractivity contribution in [1.29, 1.82) is 0 Å². The average molecular weight is 248 g/mol. The Labute approximate surface area is 110 Å². The van der Waals surface area contributed by atoms with Gasteiger partial charge in [0, 0.05) is 39.4 Å². The first kappa shape index (κ1) is 13.4. The molecule has 0 spiro atoms. The van der Waals surface area contributed by atoms with E-state index in [2.05, 4.69) is 62.0 Å². The van der Waals surface area contributed by atoms with Gasteiger partial charge in [-0.25, -0.2) is 0 Å². The van der Waals surface area contributed by atoms with Crippen LogP contribution in [0.15, 0.2) is 24.3 Å². The topological polar surface area (TPSA) is 15.7 Å². The molecule has 2 unspecified atom stereocenters. The Morgan fingerprint density at radius 3 is 2.17 bits per heavy atom. The summed E-state index contributed by atoms with van der Waals surface area (Å²) in [6.45, 7) is 7.38. The highest BCUT2D eigenvalue weighted by Gasteiger charge is 2.21. The van der Waals surface area contributed by atoms with Crippen LogP contribution >= 0.6 is 0 Å². The summed E-state index contributed by atoms with van der Waals surface area (Å²) in [6.07, 6.45) is 0.685. The van der Waals surface area contributed by atoms with Crippen molar-refractivity contribution in [3.63, 3.8) is 0 Å². The largest absolute Gasteiger partial charge is 0.378 e. The van der Waals surface area contributed by atoms with Crippen LogP contribution in [0.1, 0.15) is 19.4 Å². The van der Waals surface area contributed by atoms with E-state index in [1.807, 2.05) is 0 Å². The summed E-state index contributed by atoms with van der Waals surface area (Å²) >= 11 is 0. The maximum Gasteiger partial charge on any atom is 0.0678 e. The Bertz CT molecular complexity index is 365. The van der Waals surface area contributed by atoms with E-state index in [0.29, 0.717) is 12.2 Å². The number of ether oxygens (including phenoxy) is 1. The quantitative estimate of drug-likeness (QED) is 0.816. The lowest BCUT2D eigenvalue weighted by Crippen LogP contribution is -2.44. The standard InChI is InChI=1S/C15H24N2O/c1-12-9-17(10-13(2)18-12)11-14-5-7-15(8-6-14)16(3)4/h5-8,12-13H,9-11H2,1-4H3. The zero-order valence-electron chi connectivity index (χ0n) is 11.9. The molecule has 1 aliphatic heterocycles. The molecule has 0 amide bonds. The third-order valence-corrected chi connectivity index (χ3v) is 3.35. The van der Waals surface area contributed by atoms with Gasteiger partial charge in [-0.05, 0) is 31.5 Å². The summed E-state index contributed by atoms with van der Waals surface area (Å²) in [5.41, 5.74) is 2.63. The predicted molar refractivity (Wildman–Crippen MR) is 76.1 cm³/mol. The zero-order chi connectivity index (χ0) is 13.1. The van der Waals surface area contributed by atoms with Gasteiger partial charge < -0.3 is 9.64 Å². The van der Waals surface area contributed by atoms with Crippen LogP contribution < -0.4 is 4.90 Å². The van der Waals surface area contributed by atoms with Crippen molar-refractivity contribution in [3.05, 3.63) is 29.8 Å². The second-order valence-electron chi connectivity index (χ2n) is 5.51. The lowest BCUT2D eigenvalue weighted by Gasteiger charge is -2.35. The van der Waals surface area contributed by atoms with Crippen LogP contribution in [0.3, 0.4) is 0 Å². The van der Waals surface area contributed by atoms with Crippen molar-refractivity contribution in [1.82, 2.24) is 4.90 Å². The van der Waals surface area contributed by atoms with E-state index >= 15 is 0 Å². The highest BCUT2D eigenvalue weighted by molar-refractivity contribution is 5.45. The zero-order valence-corrected chi connectivity index (χ0v) is 11.9. The Morgan fingerprint density at radius 2 is 1.67 bits per heavy atom. The first-order valence-corrected chi connectivity index (χ1v) is 6.68. The van der Waals surface area contributed by atoms with Gasteiger partial charge in [-0.1, -0.05) is 12.1 Å². The highest BCUT2D eigenvalue weighted by Crippen LogP contribution is 2.17. The van der Waals surface area contributed by atoms with Gasteiger partial charge in [-0.2, -0.15) is 0 Å². The van der Waals surface area contributed by atoms with E-state index in [0.717, 1.165) is 19.6 Å². The molecule has 0 saturated carbocycles. The number of nitrogens with zero attached hydrogens (tertiary/aromatic N) is 2. The van der Waals surface area contributed by atoms with Crippen molar-refractivity contribution in [2.24, 2.45) is 0 Å². The van der Waals surface area contributed by atoms with Crippen LogP contribution in [0, 0.1) is 0 Å². The van der Waals surface area contributed by atoms with Gasteiger partial charge in [-0.15, -0.1) is 0 Å². The smallest absolute Gasteiger partial charge is 0.0678 e.